The average molecular weight is 417 g/mol. The van der Waals surface area contributed by atoms with Crippen LogP contribution in [0.15, 0.2) is 12.1 Å². The average Bonchev–Trinajstić information content (AvgIpc) is 2.63. The zero-order valence-electron chi connectivity index (χ0n) is 14.3. The van der Waals surface area contributed by atoms with Gasteiger partial charge in [-0.2, -0.15) is 0 Å². The minimum Gasteiger partial charge on any atom is -0.508 e. The SMILES string of the molecule is COC(=O)c1cc(O)cc(OC)c1Oc1c(Cl)c(C)c(Cl)c(O)c1C(=O)O. The third-order valence-electron chi connectivity index (χ3n) is 3.61. The van der Waals surface area contributed by atoms with Gasteiger partial charge in [-0.15, -0.1) is 0 Å². The molecular weight excluding hydrogens is 403 g/mol. The highest BCUT2D eigenvalue weighted by molar-refractivity contribution is 6.38. The number of carbonyl (C=O) groups is 2. The minimum absolute atomic E-state index is 0.102. The molecular formula is C17H14Cl2O8. The largest absolute Gasteiger partial charge is 0.508 e. The van der Waals surface area contributed by atoms with Crippen molar-refractivity contribution in [2.24, 2.45) is 0 Å². The van der Waals surface area contributed by atoms with Crippen LogP contribution in [0.4, 0.5) is 0 Å². The lowest BCUT2D eigenvalue weighted by Crippen LogP contribution is -2.08. The molecule has 3 N–H and O–H groups in total. The van der Waals surface area contributed by atoms with Gasteiger partial charge < -0.3 is 29.5 Å². The highest BCUT2D eigenvalue weighted by Gasteiger charge is 2.29. The van der Waals surface area contributed by atoms with E-state index in [1.54, 1.807) is 0 Å². The topological polar surface area (TPSA) is 123 Å². The summed E-state index contributed by atoms with van der Waals surface area (Å²) in [5, 5.41) is 28.9. The van der Waals surface area contributed by atoms with Gasteiger partial charge in [-0.05, 0) is 18.6 Å². The molecule has 0 aromatic heterocycles. The number of carboxylic acid groups (broad SMARTS) is 1. The second kappa shape index (κ2) is 7.81. The van der Waals surface area contributed by atoms with Crippen LogP contribution in [-0.2, 0) is 4.74 Å². The van der Waals surface area contributed by atoms with Crippen molar-refractivity contribution in [3.05, 3.63) is 38.9 Å². The summed E-state index contributed by atoms with van der Waals surface area (Å²) in [6.07, 6.45) is 0. The van der Waals surface area contributed by atoms with Crippen molar-refractivity contribution in [1.29, 1.82) is 0 Å². The van der Waals surface area contributed by atoms with Crippen molar-refractivity contribution in [2.45, 2.75) is 6.92 Å². The fourth-order valence-corrected chi connectivity index (χ4v) is 2.74. The van der Waals surface area contributed by atoms with E-state index < -0.39 is 29.0 Å². The van der Waals surface area contributed by atoms with Gasteiger partial charge in [-0.3, -0.25) is 0 Å². The van der Waals surface area contributed by atoms with E-state index in [2.05, 4.69) is 4.74 Å². The van der Waals surface area contributed by atoms with Gasteiger partial charge in [0.05, 0.1) is 24.3 Å². The first kappa shape index (κ1) is 20.5. The standard InChI is InChI=1S/C17H14Cl2O8/c1-6-11(18)13(21)10(16(22)23)15(12(6)19)27-14-8(17(24)26-3)4-7(20)5-9(14)25-2/h4-5,20-21H,1-3H3,(H,22,23). The summed E-state index contributed by atoms with van der Waals surface area (Å²) < 4.78 is 15.3. The van der Waals surface area contributed by atoms with Crippen LogP contribution in [0.1, 0.15) is 26.3 Å². The van der Waals surface area contributed by atoms with Crippen LogP contribution >= 0.6 is 23.2 Å². The number of phenols is 2. The lowest BCUT2D eigenvalue weighted by Gasteiger charge is -2.18. The van der Waals surface area contributed by atoms with Gasteiger partial charge in [0.1, 0.15) is 16.9 Å². The van der Waals surface area contributed by atoms with Gasteiger partial charge in [0, 0.05) is 6.07 Å². The van der Waals surface area contributed by atoms with Gasteiger partial charge in [-0.1, -0.05) is 23.2 Å². The van der Waals surface area contributed by atoms with Crippen molar-refractivity contribution in [1.82, 2.24) is 0 Å². The molecule has 2 aromatic carbocycles. The predicted molar refractivity (Wildman–Crippen MR) is 95.9 cm³/mol. The van der Waals surface area contributed by atoms with E-state index in [4.69, 9.17) is 32.7 Å². The predicted octanol–water partition coefficient (Wildman–Crippen LogP) is 4.00. The lowest BCUT2D eigenvalue weighted by molar-refractivity contribution is 0.0596. The maximum Gasteiger partial charge on any atom is 0.343 e. The summed E-state index contributed by atoms with van der Waals surface area (Å²) in [6, 6.07) is 2.18. The van der Waals surface area contributed by atoms with E-state index >= 15 is 0 Å². The van der Waals surface area contributed by atoms with Gasteiger partial charge in [0.25, 0.3) is 0 Å². The molecule has 0 radical (unpaired) electrons. The molecule has 0 spiro atoms. The molecule has 10 heteroatoms. The van der Waals surface area contributed by atoms with Crippen LogP contribution in [0, 0.1) is 6.92 Å². The first-order valence-corrected chi connectivity index (χ1v) is 8.00. The molecule has 8 nitrogen and oxygen atoms in total. The first-order chi connectivity index (χ1) is 12.6. The first-order valence-electron chi connectivity index (χ1n) is 7.24. The van der Waals surface area contributed by atoms with Crippen molar-refractivity contribution in [3.63, 3.8) is 0 Å². The third kappa shape index (κ3) is 3.67. The molecule has 0 saturated heterocycles. The number of benzene rings is 2. The summed E-state index contributed by atoms with van der Waals surface area (Å²) in [7, 11) is 2.35. The number of aromatic hydroxyl groups is 2. The van der Waals surface area contributed by atoms with Crippen LogP contribution in [0.3, 0.4) is 0 Å². The molecule has 0 saturated carbocycles. The molecule has 0 unspecified atom stereocenters. The molecule has 27 heavy (non-hydrogen) atoms. The molecule has 0 fully saturated rings. The van der Waals surface area contributed by atoms with E-state index in [1.165, 1.54) is 14.0 Å². The van der Waals surface area contributed by atoms with E-state index in [0.29, 0.717) is 0 Å². The Morgan fingerprint density at radius 3 is 2.19 bits per heavy atom. The van der Waals surface area contributed by atoms with Crippen molar-refractivity contribution >= 4 is 35.1 Å². The third-order valence-corrected chi connectivity index (χ3v) is 4.53. The fourth-order valence-electron chi connectivity index (χ4n) is 2.27. The van der Waals surface area contributed by atoms with Crippen molar-refractivity contribution < 1.29 is 39.1 Å². The number of esters is 1. The number of methoxy groups -OCH3 is 2. The zero-order chi connectivity index (χ0) is 20.5. The van der Waals surface area contributed by atoms with E-state index in [9.17, 15) is 24.9 Å². The molecule has 0 atom stereocenters. The second-order valence-electron chi connectivity index (χ2n) is 5.23. The number of aromatic carboxylic acids is 1. The molecule has 0 aliphatic carbocycles. The Morgan fingerprint density at radius 2 is 1.67 bits per heavy atom. The van der Waals surface area contributed by atoms with Crippen LogP contribution in [0.2, 0.25) is 10.0 Å². The van der Waals surface area contributed by atoms with Gasteiger partial charge >= 0.3 is 11.9 Å². The van der Waals surface area contributed by atoms with E-state index in [-0.39, 0.29) is 38.4 Å². The smallest absolute Gasteiger partial charge is 0.343 e. The minimum atomic E-state index is -1.57. The Hall–Kier alpha value is -2.84. The molecule has 0 amide bonds. The summed E-state index contributed by atoms with van der Waals surface area (Å²) in [5.74, 6) is -4.36. The Bertz CT molecular complexity index is 940. The maximum absolute atomic E-state index is 12.0. The van der Waals surface area contributed by atoms with Crippen LogP contribution < -0.4 is 9.47 Å². The van der Waals surface area contributed by atoms with Crippen molar-refractivity contribution in [3.8, 4) is 28.7 Å². The molecule has 0 heterocycles. The summed E-state index contributed by atoms with van der Waals surface area (Å²) in [5.41, 5.74) is -0.802. The monoisotopic (exact) mass is 416 g/mol. The number of carbonyl (C=O) groups excluding carboxylic acids is 1. The Labute approximate surface area is 163 Å². The number of rotatable bonds is 5. The summed E-state index contributed by atoms with van der Waals surface area (Å²) in [4.78, 5) is 23.7. The second-order valence-corrected chi connectivity index (χ2v) is 5.99. The highest BCUT2D eigenvalue weighted by Crippen LogP contribution is 2.48. The molecule has 2 aromatic rings. The summed E-state index contributed by atoms with van der Waals surface area (Å²) >= 11 is 12.1. The molecule has 0 bridgehead atoms. The molecule has 2 rings (SSSR count). The Balaban J connectivity index is 2.82. The van der Waals surface area contributed by atoms with E-state index in [1.807, 2.05) is 0 Å². The van der Waals surface area contributed by atoms with Gasteiger partial charge in [-0.25, -0.2) is 9.59 Å². The lowest BCUT2D eigenvalue weighted by atomic mass is 10.1. The van der Waals surface area contributed by atoms with Gasteiger partial charge in [0.2, 0.25) is 0 Å². The van der Waals surface area contributed by atoms with Crippen LogP contribution in [-0.4, -0.2) is 41.5 Å². The highest BCUT2D eigenvalue weighted by atomic mass is 35.5. The molecule has 0 aliphatic rings. The Kier molecular flexibility index (Phi) is 5.92. The van der Waals surface area contributed by atoms with Crippen molar-refractivity contribution in [2.75, 3.05) is 14.2 Å². The van der Waals surface area contributed by atoms with Crippen LogP contribution in [0.5, 0.6) is 28.7 Å². The number of halogens is 2. The maximum atomic E-state index is 12.0. The molecule has 0 aliphatic heterocycles. The fraction of sp³-hybridized carbons (Fsp3) is 0.176. The zero-order valence-corrected chi connectivity index (χ0v) is 15.8. The Morgan fingerprint density at radius 1 is 1.04 bits per heavy atom. The normalized spacial score (nSPS) is 10.4. The quantitative estimate of drug-likeness (QED) is 0.624. The number of hydrogen-bond acceptors (Lipinski definition) is 7. The molecule has 144 valence electrons. The number of hydrogen-bond donors (Lipinski definition) is 3. The number of ether oxygens (including phenoxy) is 3. The van der Waals surface area contributed by atoms with E-state index in [0.717, 1.165) is 19.2 Å². The summed E-state index contributed by atoms with van der Waals surface area (Å²) in [6.45, 7) is 1.44. The number of phenolic OH excluding ortho intramolecular Hbond substituents is 1. The van der Waals surface area contributed by atoms with Gasteiger partial charge in [0.15, 0.2) is 23.0 Å². The van der Waals surface area contributed by atoms with Crippen LogP contribution in [0.25, 0.3) is 0 Å². The number of carboxylic acids is 1.